The van der Waals surface area contributed by atoms with Crippen molar-refractivity contribution in [1.29, 1.82) is 0 Å². The number of nitro groups is 1. The molecule has 1 aromatic rings. The van der Waals surface area contributed by atoms with Crippen molar-refractivity contribution in [2.45, 2.75) is 64.8 Å². The summed E-state index contributed by atoms with van der Waals surface area (Å²) in [7, 11) is 0. The molecule has 0 unspecified atom stereocenters. The third-order valence-electron chi connectivity index (χ3n) is 5.63. The van der Waals surface area contributed by atoms with E-state index in [1.165, 1.54) is 25.7 Å². The van der Waals surface area contributed by atoms with Gasteiger partial charge in [0, 0.05) is 18.4 Å². The lowest BCUT2D eigenvalue weighted by molar-refractivity contribution is -0.384. The fraction of sp³-hybridized carbons (Fsp3) is 0.632. The zero-order chi connectivity index (χ0) is 18.0. The van der Waals surface area contributed by atoms with Gasteiger partial charge < -0.3 is 4.90 Å². The van der Waals surface area contributed by atoms with E-state index in [4.69, 9.17) is 4.99 Å². The summed E-state index contributed by atoms with van der Waals surface area (Å²) in [6, 6.07) is 3.40. The van der Waals surface area contributed by atoms with Gasteiger partial charge in [-0.1, -0.05) is 44.0 Å². The van der Waals surface area contributed by atoms with E-state index in [9.17, 15) is 10.1 Å². The number of nitrogens with zero attached hydrogens (tertiary/aromatic N) is 3. The van der Waals surface area contributed by atoms with Gasteiger partial charge in [0.05, 0.1) is 10.5 Å². The lowest BCUT2D eigenvalue weighted by Crippen LogP contribution is -2.45. The van der Waals surface area contributed by atoms with Crippen molar-refractivity contribution in [3.63, 3.8) is 0 Å². The Balaban J connectivity index is 2.02. The molecule has 1 aliphatic heterocycles. The van der Waals surface area contributed by atoms with E-state index in [1.807, 2.05) is 19.9 Å². The van der Waals surface area contributed by atoms with Crippen LogP contribution in [-0.4, -0.2) is 32.8 Å². The van der Waals surface area contributed by atoms with Crippen LogP contribution in [0, 0.1) is 24.0 Å². The summed E-state index contributed by atoms with van der Waals surface area (Å²) in [5, 5.41) is 12.5. The second kappa shape index (κ2) is 7.36. The smallest absolute Gasteiger partial charge is 0.295 e. The molecule has 1 saturated carbocycles. The Kier molecular flexibility index (Phi) is 5.37. The van der Waals surface area contributed by atoms with Gasteiger partial charge in [-0.25, -0.2) is 4.99 Å². The Bertz CT molecular complexity index is 696. The normalized spacial score (nSPS) is 20.8. The topological polar surface area (TPSA) is 58.7 Å². The van der Waals surface area contributed by atoms with Crippen LogP contribution in [0.15, 0.2) is 17.1 Å². The van der Waals surface area contributed by atoms with Gasteiger partial charge in [0.2, 0.25) is 0 Å². The third kappa shape index (κ3) is 3.41. The average Bonchev–Trinajstić information content (AvgIpc) is 3.18. The first kappa shape index (κ1) is 18.2. The molecule has 1 aliphatic carbocycles. The first-order valence-corrected chi connectivity index (χ1v) is 10.2. The van der Waals surface area contributed by atoms with E-state index in [0.29, 0.717) is 5.69 Å². The van der Waals surface area contributed by atoms with Crippen LogP contribution >= 0.6 is 11.8 Å². The van der Waals surface area contributed by atoms with Crippen molar-refractivity contribution in [2.24, 2.45) is 4.99 Å². The molecule has 1 aromatic carbocycles. The molecule has 0 radical (unpaired) electrons. The summed E-state index contributed by atoms with van der Waals surface area (Å²) in [5.41, 5.74) is 2.82. The Morgan fingerprint density at radius 1 is 1.32 bits per heavy atom. The Hall–Kier alpha value is -1.56. The summed E-state index contributed by atoms with van der Waals surface area (Å²) in [5.74, 6) is 1.06. The molecule has 0 aromatic heterocycles. The first-order chi connectivity index (χ1) is 12.0. The molecule has 0 bridgehead atoms. The third-order valence-corrected chi connectivity index (χ3v) is 6.88. The first-order valence-electron chi connectivity index (χ1n) is 9.22. The SMILES string of the molecule is CCCCN1C(=Nc2c([N+](=O)[O-])ccc(C)c2C)SCC12CCCC2. The van der Waals surface area contributed by atoms with Crippen molar-refractivity contribution in [1.82, 2.24) is 4.90 Å². The summed E-state index contributed by atoms with van der Waals surface area (Å²) in [6.45, 7) is 7.12. The molecular weight excluding hydrogens is 334 g/mol. The molecule has 0 amide bonds. The molecule has 25 heavy (non-hydrogen) atoms. The molecule has 3 rings (SSSR count). The summed E-state index contributed by atoms with van der Waals surface area (Å²) < 4.78 is 0. The molecular formula is C19H27N3O2S. The minimum absolute atomic E-state index is 0.110. The highest BCUT2D eigenvalue weighted by atomic mass is 32.2. The van der Waals surface area contributed by atoms with E-state index in [0.717, 1.165) is 41.4 Å². The molecule has 1 heterocycles. The number of aryl methyl sites for hydroxylation is 1. The van der Waals surface area contributed by atoms with Gasteiger partial charge in [0.25, 0.3) is 5.69 Å². The van der Waals surface area contributed by atoms with Crippen LogP contribution < -0.4 is 0 Å². The van der Waals surface area contributed by atoms with Gasteiger partial charge in [0.1, 0.15) is 5.69 Å². The van der Waals surface area contributed by atoms with Gasteiger partial charge in [-0.2, -0.15) is 0 Å². The highest BCUT2D eigenvalue weighted by molar-refractivity contribution is 8.14. The second-order valence-electron chi connectivity index (χ2n) is 7.25. The van der Waals surface area contributed by atoms with Crippen LogP contribution in [-0.2, 0) is 0 Å². The fourth-order valence-electron chi connectivity index (χ4n) is 3.92. The number of unbranched alkanes of at least 4 members (excludes halogenated alkanes) is 1. The molecule has 1 saturated heterocycles. The number of amidine groups is 1. The molecule has 6 heteroatoms. The van der Waals surface area contributed by atoms with Crippen LogP contribution in [0.5, 0.6) is 0 Å². The average molecular weight is 362 g/mol. The quantitative estimate of drug-likeness (QED) is 0.523. The number of nitro benzene ring substituents is 1. The van der Waals surface area contributed by atoms with Crippen molar-refractivity contribution in [3.05, 3.63) is 33.4 Å². The number of hydrogen-bond donors (Lipinski definition) is 0. The molecule has 136 valence electrons. The highest BCUT2D eigenvalue weighted by Gasteiger charge is 2.46. The number of thioether (sulfide) groups is 1. The van der Waals surface area contributed by atoms with Crippen molar-refractivity contribution in [3.8, 4) is 0 Å². The van der Waals surface area contributed by atoms with Gasteiger partial charge in [-0.05, 0) is 44.2 Å². The predicted octanol–water partition coefficient (Wildman–Crippen LogP) is 5.36. The summed E-state index contributed by atoms with van der Waals surface area (Å²) in [4.78, 5) is 18.5. The van der Waals surface area contributed by atoms with Gasteiger partial charge >= 0.3 is 0 Å². The van der Waals surface area contributed by atoms with Gasteiger partial charge in [-0.3, -0.25) is 10.1 Å². The van der Waals surface area contributed by atoms with E-state index >= 15 is 0 Å². The van der Waals surface area contributed by atoms with E-state index in [1.54, 1.807) is 17.8 Å². The molecule has 0 N–H and O–H groups in total. The van der Waals surface area contributed by atoms with E-state index in [2.05, 4.69) is 11.8 Å². The molecule has 2 aliphatic rings. The monoisotopic (exact) mass is 361 g/mol. The lowest BCUT2D eigenvalue weighted by Gasteiger charge is -2.35. The van der Waals surface area contributed by atoms with Crippen LogP contribution in [0.25, 0.3) is 0 Å². The Labute approximate surface area is 154 Å². The Morgan fingerprint density at radius 3 is 2.68 bits per heavy atom. The summed E-state index contributed by atoms with van der Waals surface area (Å²) in [6.07, 6.45) is 7.28. The number of benzene rings is 1. The maximum Gasteiger partial charge on any atom is 0.295 e. The minimum Gasteiger partial charge on any atom is -0.345 e. The minimum atomic E-state index is -0.312. The lowest BCUT2D eigenvalue weighted by atomic mass is 9.98. The summed E-state index contributed by atoms with van der Waals surface area (Å²) >= 11 is 1.78. The van der Waals surface area contributed by atoms with Crippen molar-refractivity contribution < 1.29 is 4.92 Å². The Morgan fingerprint density at radius 2 is 2.04 bits per heavy atom. The number of rotatable bonds is 5. The zero-order valence-electron chi connectivity index (χ0n) is 15.4. The van der Waals surface area contributed by atoms with E-state index in [-0.39, 0.29) is 16.1 Å². The van der Waals surface area contributed by atoms with Crippen LogP contribution in [0.4, 0.5) is 11.4 Å². The maximum absolute atomic E-state index is 11.5. The van der Waals surface area contributed by atoms with Crippen molar-refractivity contribution in [2.75, 3.05) is 12.3 Å². The van der Waals surface area contributed by atoms with Gasteiger partial charge in [-0.15, -0.1) is 0 Å². The standard InChI is InChI=1S/C19H27N3O2S/c1-4-5-12-21-18(25-13-19(21)10-6-7-11-19)20-17-15(3)14(2)8-9-16(17)22(23)24/h8-9H,4-7,10-13H2,1-3H3. The van der Waals surface area contributed by atoms with Gasteiger partial charge in [0.15, 0.2) is 5.17 Å². The molecule has 1 spiro atoms. The second-order valence-corrected chi connectivity index (χ2v) is 8.19. The zero-order valence-corrected chi connectivity index (χ0v) is 16.2. The molecule has 0 atom stereocenters. The van der Waals surface area contributed by atoms with E-state index < -0.39 is 0 Å². The van der Waals surface area contributed by atoms with Crippen LogP contribution in [0.1, 0.15) is 56.6 Å². The highest BCUT2D eigenvalue weighted by Crippen LogP contribution is 2.46. The largest absolute Gasteiger partial charge is 0.345 e. The predicted molar refractivity (Wildman–Crippen MR) is 105 cm³/mol. The van der Waals surface area contributed by atoms with Crippen LogP contribution in [0.3, 0.4) is 0 Å². The molecule has 5 nitrogen and oxygen atoms in total. The molecule has 2 fully saturated rings. The van der Waals surface area contributed by atoms with Crippen LogP contribution in [0.2, 0.25) is 0 Å². The fourth-order valence-corrected chi connectivity index (χ4v) is 5.36. The maximum atomic E-state index is 11.5. The number of hydrogen-bond acceptors (Lipinski definition) is 4. The van der Waals surface area contributed by atoms with Crippen molar-refractivity contribution >= 4 is 28.3 Å². The number of aliphatic imine (C=N–C) groups is 1.